The van der Waals surface area contributed by atoms with Gasteiger partial charge in [0.15, 0.2) is 0 Å². The first-order valence-corrected chi connectivity index (χ1v) is 19.1. The summed E-state index contributed by atoms with van der Waals surface area (Å²) in [7, 11) is 0. The molecule has 3 fully saturated rings. The number of amides is 2. The molecule has 1 aliphatic heterocycles. The number of carboxylic acids is 1. The maximum atomic E-state index is 13.4. The molecule has 0 spiro atoms. The van der Waals surface area contributed by atoms with E-state index in [2.05, 4.69) is 20.1 Å². The van der Waals surface area contributed by atoms with Gasteiger partial charge in [-0.1, -0.05) is 19.3 Å². The summed E-state index contributed by atoms with van der Waals surface area (Å²) in [6.07, 6.45) is 9.33. The first kappa shape index (κ1) is 40.2. The second-order valence-corrected chi connectivity index (χ2v) is 16.6. The molecule has 2 aliphatic carbocycles. The Balaban J connectivity index is 1.31. The number of piperazine rings is 1. The molecule has 288 valence electrons. The van der Waals surface area contributed by atoms with Gasteiger partial charge in [-0.05, 0) is 92.4 Å². The van der Waals surface area contributed by atoms with Gasteiger partial charge < -0.3 is 40.3 Å². The van der Waals surface area contributed by atoms with Crippen LogP contribution in [-0.4, -0.2) is 124 Å². The number of ether oxygens (including phenoxy) is 2. The molecule has 51 heavy (non-hydrogen) atoms. The van der Waals surface area contributed by atoms with Crippen molar-refractivity contribution >= 4 is 35.7 Å². The average molecular weight is 717 g/mol. The lowest BCUT2D eigenvalue weighted by Gasteiger charge is -2.37. The summed E-state index contributed by atoms with van der Waals surface area (Å²) in [5, 5.41) is 12.5. The Kier molecular flexibility index (Phi) is 14.4. The molecular formula is C37H64N8O6. The van der Waals surface area contributed by atoms with Crippen LogP contribution in [0.1, 0.15) is 112 Å². The number of hydrogen-bond donors (Lipinski definition) is 3. The lowest BCUT2D eigenvalue weighted by Crippen LogP contribution is -2.47. The highest BCUT2D eigenvalue weighted by Crippen LogP contribution is 2.29. The van der Waals surface area contributed by atoms with Gasteiger partial charge in [0.1, 0.15) is 22.8 Å². The summed E-state index contributed by atoms with van der Waals surface area (Å²) in [5.74, 6) is 1.25. The number of aromatic nitrogens is 2. The summed E-state index contributed by atoms with van der Waals surface area (Å²) in [4.78, 5) is 55.0. The molecule has 0 bridgehead atoms. The Morgan fingerprint density at radius 2 is 1.51 bits per heavy atom. The Morgan fingerprint density at radius 3 is 2.12 bits per heavy atom. The molecule has 14 nitrogen and oxygen atoms in total. The molecule has 0 unspecified atom stereocenters. The summed E-state index contributed by atoms with van der Waals surface area (Å²) in [6.45, 7) is 16.6. The van der Waals surface area contributed by atoms with Gasteiger partial charge in [-0.25, -0.2) is 9.59 Å². The third-order valence-electron chi connectivity index (χ3n) is 9.85. The zero-order chi connectivity index (χ0) is 37.2. The Bertz CT molecular complexity index is 1280. The number of hydrogen-bond acceptors (Lipinski definition) is 11. The predicted molar refractivity (Wildman–Crippen MR) is 199 cm³/mol. The molecule has 4 rings (SSSR count). The first-order chi connectivity index (χ1) is 24.0. The van der Waals surface area contributed by atoms with E-state index in [0.717, 1.165) is 83.4 Å². The van der Waals surface area contributed by atoms with E-state index >= 15 is 0 Å². The third kappa shape index (κ3) is 13.8. The largest absolute Gasteiger partial charge is 0.481 e. The quantitative estimate of drug-likeness (QED) is 0.224. The summed E-state index contributed by atoms with van der Waals surface area (Å²) in [6, 6.07) is 2.16. The van der Waals surface area contributed by atoms with Crippen molar-refractivity contribution in [1.29, 1.82) is 0 Å². The highest BCUT2D eigenvalue weighted by Gasteiger charge is 2.32. The lowest BCUT2D eigenvalue weighted by molar-refractivity contribution is -0.137. The van der Waals surface area contributed by atoms with Gasteiger partial charge in [0.05, 0.1) is 6.42 Å². The number of carbonyl (C=O) groups is 3. The van der Waals surface area contributed by atoms with Crippen LogP contribution in [0, 0.1) is 5.92 Å². The minimum atomic E-state index is -0.778. The van der Waals surface area contributed by atoms with E-state index in [0.29, 0.717) is 50.3 Å². The highest BCUT2D eigenvalue weighted by atomic mass is 16.6. The highest BCUT2D eigenvalue weighted by molar-refractivity contribution is 5.69. The number of nitrogens with two attached hydrogens (primary N) is 1. The van der Waals surface area contributed by atoms with Crippen LogP contribution in [0.25, 0.3) is 0 Å². The minimum Gasteiger partial charge on any atom is -0.481 e. The van der Waals surface area contributed by atoms with Crippen molar-refractivity contribution < 1.29 is 29.0 Å². The lowest BCUT2D eigenvalue weighted by atomic mass is 9.85. The number of nitrogen functional groups attached to an aromatic ring is 1. The molecule has 4 N–H and O–H groups in total. The molecule has 3 aliphatic rings. The van der Waals surface area contributed by atoms with Gasteiger partial charge in [-0.2, -0.15) is 9.97 Å². The van der Waals surface area contributed by atoms with Gasteiger partial charge in [0.2, 0.25) is 5.95 Å². The van der Waals surface area contributed by atoms with E-state index in [9.17, 15) is 14.4 Å². The fraction of sp³-hybridized carbons (Fsp3) is 0.811. The van der Waals surface area contributed by atoms with Crippen molar-refractivity contribution in [3.05, 3.63) is 6.07 Å². The second-order valence-electron chi connectivity index (χ2n) is 16.6. The van der Waals surface area contributed by atoms with E-state index in [4.69, 9.17) is 25.3 Å². The smallest absolute Gasteiger partial charge is 0.410 e. The predicted octanol–water partition coefficient (Wildman–Crippen LogP) is 5.82. The number of aliphatic carboxylic acids is 1. The topological polar surface area (TPSA) is 167 Å². The van der Waals surface area contributed by atoms with Crippen molar-refractivity contribution in [1.82, 2.24) is 24.7 Å². The third-order valence-corrected chi connectivity index (χ3v) is 9.85. The molecule has 1 saturated heterocycles. The monoisotopic (exact) mass is 716 g/mol. The molecule has 0 radical (unpaired) electrons. The van der Waals surface area contributed by atoms with Crippen molar-refractivity contribution in [3.63, 3.8) is 0 Å². The zero-order valence-electron chi connectivity index (χ0n) is 32.0. The van der Waals surface area contributed by atoms with Crippen molar-refractivity contribution in [2.75, 3.05) is 68.3 Å². The molecule has 2 saturated carbocycles. The number of carbonyl (C=O) groups excluding carboxylic acids is 2. The SMILES string of the molecule is CC(C)(C)OC(=O)N(CCCN(C(=O)OC(C)(C)C)C1CCCCC1)CC1CCC(Nc2nc(N)cc(N3CCN(CCC(=O)O)CC3)n2)CC1. The van der Waals surface area contributed by atoms with Crippen LogP contribution in [-0.2, 0) is 14.3 Å². The first-order valence-electron chi connectivity index (χ1n) is 19.1. The number of anilines is 3. The van der Waals surface area contributed by atoms with Crippen LogP contribution >= 0.6 is 0 Å². The number of nitrogens with one attached hydrogen (secondary N) is 1. The van der Waals surface area contributed by atoms with E-state index < -0.39 is 17.2 Å². The fourth-order valence-corrected chi connectivity index (χ4v) is 7.27. The number of nitrogens with zero attached hydrogens (tertiary/aromatic N) is 6. The number of carboxylic acid groups (broad SMARTS) is 1. The second kappa shape index (κ2) is 18.3. The molecule has 2 amide bonds. The normalized spacial score (nSPS) is 20.8. The minimum absolute atomic E-state index is 0.144. The van der Waals surface area contributed by atoms with Crippen LogP contribution in [0.2, 0.25) is 0 Å². The molecule has 14 heteroatoms. The van der Waals surface area contributed by atoms with Crippen molar-refractivity contribution in [2.24, 2.45) is 5.92 Å². The molecule has 0 aromatic carbocycles. The summed E-state index contributed by atoms with van der Waals surface area (Å²) >= 11 is 0. The van der Waals surface area contributed by atoms with Gasteiger partial charge in [0.25, 0.3) is 0 Å². The van der Waals surface area contributed by atoms with Crippen molar-refractivity contribution in [2.45, 2.75) is 135 Å². The van der Waals surface area contributed by atoms with Gasteiger partial charge >= 0.3 is 18.2 Å². The fourth-order valence-electron chi connectivity index (χ4n) is 7.27. The molecule has 2 heterocycles. The Labute approximate surface area is 304 Å². The molecule has 1 aromatic heterocycles. The van der Waals surface area contributed by atoms with E-state index in [1.807, 2.05) is 51.3 Å². The Hall–Kier alpha value is -3.55. The van der Waals surface area contributed by atoms with E-state index in [1.54, 1.807) is 6.07 Å². The maximum absolute atomic E-state index is 13.4. The summed E-state index contributed by atoms with van der Waals surface area (Å²) in [5.41, 5.74) is 5.03. The van der Waals surface area contributed by atoms with Crippen LogP contribution < -0.4 is 16.0 Å². The van der Waals surface area contributed by atoms with E-state index in [-0.39, 0.29) is 30.7 Å². The van der Waals surface area contributed by atoms with Gasteiger partial charge in [-0.3, -0.25) is 9.69 Å². The van der Waals surface area contributed by atoms with Crippen molar-refractivity contribution in [3.8, 4) is 0 Å². The van der Waals surface area contributed by atoms with Gasteiger partial charge in [0, 0.05) is 70.5 Å². The standard InChI is InChI=1S/C37H64N8O6/c1-36(2,3)50-34(48)44(18-10-19-45(29-11-8-7-9-12-29)35(49)51-37(4,5)6)26-27-13-15-28(16-14-27)39-33-40-30(38)25-31(41-33)43-23-21-42(22-24-43)20-17-32(46)47/h25,27-29H,7-24,26H2,1-6H3,(H,46,47)(H3,38,39,40,41). The zero-order valence-corrected chi connectivity index (χ0v) is 32.0. The molecule has 1 aromatic rings. The summed E-state index contributed by atoms with van der Waals surface area (Å²) < 4.78 is 11.6. The average Bonchev–Trinajstić information content (AvgIpc) is 3.04. The number of rotatable bonds is 13. The van der Waals surface area contributed by atoms with Crippen LogP contribution in [0.4, 0.5) is 27.2 Å². The molecule has 0 atom stereocenters. The van der Waals surface area contributed by atoms with Crippen LogP contribution in [0.5, 0.6) is 0 Å². The van der Waals surface area contributed by atoms with E-state index in [1.165, 1.54) is 6.42 Å². The van der Waals surface area contributed by atoms with Gasteiger partial charge in [-0.15, -0.1) is 0 Å². The maximum Gasteiger partial charge on any atom is 0.410 e. The molecular weight excluding hydrogens is 652 g/mol. The Morgan fingerprint density at radius 1 is 0.882 bits per heavy atom. The van der Waals surface area contributed by atoms with Crippen LogP contribution in [0.15, 0.2) is 6.07 Å². The van der Waals surface area contributed by atoms with Crippen LogP contribution in [0.3, 0.4) is 0 Å².